The van der Waals surface area contributed by atoms with Gasteiger partial charge in [-0.1, -0.05) is 84.9 Å². The van der Waals surface area contributed by atoms with Gasteiger partial charge in [0.05, 0.1) is 29.6 Å². The summed E-state index contributed by atoms with van der Waals surface area (Å²) in [6, 6.07) is 33.4. The third-order valence-electron chi connectivity index (χ3n) is 7.67. The minimum absolute atomic E-state index is 0.101. The highest BCUT2D eigenvalue weighted by Gasteiger charge is 2.52. The predicted octanol–water partition coefficient (Wildman–Crippen LogP) is 7.00. The molecular weight excluding hydrogens is 482 g/mol. The summed E-state index contributed by atoms with van der Waals surface area (Å²) >= 11 is 0. The van der Waals surface area contributed by atoms with Crippen LogP contribution in [0.25, 0.3) is 33.5 Å². The van der Waals surface area contributed by atoms with E-state index in [1.165, 1.54) is 0 Å². The third kappa shape index (κ3) is 4.88. The molecule has 0 saturated heterocycles. The number of benzene rings is 3. The van der Waals surface area contributed by atoms with Crippen molar-refractivity contribution in [3.05, 3.63) is 120 Å². The number of pyridine rings is 1. The van der Waals surface area contributed by atoms with Gasteiger partial charge in [-0.3, -0.25) is 14.5 Å². The standard InChI is InChI=1S/C34H31N3O2/c1-3-39-33(38)34(20-21-34)28-18-16-25(17-19-28)24-12-14-26(15-13-24)30-23-35-37(2)32(30)22-29-10-7-11-31(36-29)27-8-5-4-6-9-27/h4-19,23H,3,20-22H2,1-2H3. The average Bonchev–Trinajstić information content (AvgIpc) is 3.73. The average molecular weight is 514 g/mol. The number of carbonyl (C=O) groups is 1. The molecule has 1 fully saturated rings. The van der Waals surface area contributed by atoms with Gasteiger partial charge in [0.1, 0.15) is 0 Å². The predicted molar refractivity (Wildman–Crippen MR) is 154 cm³/mol. The lowest BCUT2D eigenvalue weighted by atomic mass is 9.93. The number of rotatable bonds is 8. The zero-order valence-electron chi connectivity index (χ0n) is 22.3. The molecule has 0 atom stereocenters. The Labute approximate surface area is 229 Å². The van der Waals surface area contributed by atoms with Gasteiger partial charge in [-0.15, -0.1) is 0 Å². The summed E-state index contributed by atoms with van der Waals surface area (Å²) in [5.74, 6) is -0.101. The zero-order chi connectivity index (χ0) is 26.8. The van der Waals surface area contributed by atoms with Crippen molar-refractivity contribution >= 4 is 5.97 Å². The molecule has 0 N–H and O–H groups in total. The SMILES string of the molecule is CCOC(=O)C1(c2ccc(-c3ccc(-c4cnn(C)c4Cc4cccc(-c5ccccc5)n4)cc3)cc2)CC1. The Morgan fingerprint density at radius 2 is 1.49 bits per heavy atom. The summed E-state index contributed by atoms with van der Waals surface area (Å²) in [6.07, 6.45) is 4.35. The first-order chi connectivity index (χ1) is 19.1. The van der Waals surface area contributed by atoms with E-state index in [1.807, 2.05) is 43.0 Å². The van der Waals surface area contributed by atoms with Crippen LogP contribution < -0.4 is 0 Å². The summed E-state index contributed by atoms with van der Waals surface area (Å²) in [7, 11) is 1.98. The maximum atomic E-state index is 12.4. The Hall–Kier alpha value is -4.51. The fourth-order valence-electron chi connectivity index (χ4n) is 5.26. The molecule has 6 rings (SSSR count). The Morgan fingerprint density at radius 1 is 0.821 bits per heavy atom. The molecular formula is C34H31N3O2. The Kier molecular flexibility index (Phi) is 6.57. The van der Waals surface area contributed by atoms with Crippen LogP contribution in [-0.2, 0) is 28.4 Å². The first-order valence-corrected chi connectivity index (χ1v) is 13.5. The molecule has 0 spiro atoms. The van der Waals surface area contributed by atoms with Gasteiger partial charge < -0.3 is 4.74 Å². The van der Waals surface area contributed by atoms with Crippen molar-refractivity contribution in [3.63, 3.8) is 0 Å². The smallest absolute Gasteiger partial charge is 0.316 e. The van der Waals surface area contributed by atoms with Crippen LogP contribution in [-0.4, -0.2) is 27.3 Å². The highest BCUT2D eigenvalue weighted by atomic mass is 16.5. The lowest BCUT2D eigenvalue weighted by molar-refractivity contribution is -0.146. The summed E-state index contributed by atoms with van der Waals surface area (Å²) in [6.45, 7) is 2.27. The minimum Gasteiger partial charge on any atom is -0.465 e. The lowest BCUT2D eigenvalue weighted by Crippen LogP contribution is -2.23. The van der Waals surface area contributed by atoms with E-state index in [0.29, 0.717) is 13.0 Å². The van der Waals surface area contributed by atoms with Crippen molar-refractivity contribution in [2.45, 2.75) is 31.6 Å². The summed E-state index contributed by atoms with van der Waals surface area (Å²) in [5, 5.41) is 4.57. The molecule has 194 valence electrons. The van der Waals surface area contributed by atoms with Gasteiger partial charge in [-0.25, -0.2) is 0 Å². The van der Waals surface area contributed by atoms with Gasteiger partial charge in [0.25, 0.3) is 0 Å². The fourth-order valence-corrected chi connectivity index (χ4v) is 5.26. The second-order valence-corrected chi connectivity index (χ2v) is 10.1. The molecule has 0 radical (unpaired) electrons. The molecule has 2 aromatic heterocycles. The van der Waals surface area contributed by atoms with Crippen LogP contribution in [0.15, 0.2) is 103 Å². The largest absolute Gasteiger partial charge is 0.465 e. The van der Waals surface area contributed by atoms with E-state index in [2.05, 4.69) is 84.0 Å². The zero-order valence-corrected chi connectivity index (χ0v) is 22.3. The molecule has 2 heterocycles. The Bertz CT molecular complexity index is 1600. The van der Waals surface area contributed by atoms with E-state index in [1.54, 1.807) is 0 Å². The highest BCUT2D eigenvalue weighted by Crippen LogP contribution is 2.49. The molecule has 0 aliphatic heterocycles. The maximum Gasteiger partial charge on any atom is 0.316 e. The maximum absolute atomic E-state index is 12.4. The fraction of sp³-hybridized carbons (Fsp3) is 0.206. The van der Waals surface area contributed by atoms with Crippen molar-refractivity contribution in [1.29, 1.82) is 0 Å². The monoisotopic (exact) mass is 513 g/mol. The highest BCUT2D eigenvalue weighted by molar-refractivity contribution is 5.87. The van der Waals surface area contributed by atoms with E-state index in [4.69, 9.17) is 9.72 Å². The summed E-state index contributed by atoms with van der Waals surface area (Å²) in [4.78, 5) is 17.4. The molecule has 39 heavy (non-hydrogen) atoms. The third-order valence-corrected chi connectivity index (χ3v) is 7.67. The van der Waals surface area contributed by atoms with Crippen LogP contribution in [0.5, 0.6) is 0 Å². The molecule has 3 aromatic carbocycles. The number of ether oxygens (including phenoxy) is 1. The minimum atomic E-state index is -0.440. The molecule has 0 amide bonds. The molecule has 1 aliphatic carbocycles. The summed E-state index contributed by atoms with van der Waals surface area (Å²) < 4.78 is 7.26. The lowest BCUT2D eigenvalue weighted by Gasteiger charge is -2.15. The molecule has 0 unspecified atom stereocenters. The first-order valence-electron chi connectivity index (χ1n) is 13.5. The number of hydrogen-bond acceptors (Lipinski definition) is 4. The molecule has 0 bridgehead atoms. The van der Waals surface area contributed by atoms with Gasteiger partial charge in [0.2, 0.25) is 0 Å². The van der Waals surface area contributed by atoms with E-state index in [9.17, 15) is 4.79 Å². The van der Waals surface area contributed by atoms with Crippen molar-refractivity contribution in [3.8, 4) is 33.5 Å². The van der Waals surface area contributed by atoms with Crippen LogP contribution in [0.2, 0.25) is 0 Å². The Balaban J connectivity index is 1.22. The topological polar surface area (TPSA) is 57.0 Å². The van der Waals surface area contributed by atoms with Crippen molar-refractivity contribution in [2.24, 2.45) is 7.05 Å². The van der Waals surface area contributed by atoms with Crippen molar-refractivity contribution in [1.82, 2.24) is 14.8 Å². The molecule has 5 nitrogen and oxygen atoms in total. The van der Waals surface area contributed by atoms with Gasteiger partial charge in [-0.2, -0.15) is 5.10 Å². The van der Waals surface area contributed by atoms with Crippen LogP contribution in [0.4, 0.5) is 0 Å². The molecule has 5 heteroatoms. The second kappa shape index (κ2) is 10.3. The second-order valence-electron chi connectivity index (χ2n) is 10.1. The number of nitrogens with zero attached hydrogens (tertiary/aromatic N) is 3. The van der Waals surface area contributed by atoms with Crippen LogP contribution in [0, 0.1) is 0 Å². The van der Waals surface area contributed by atoms with Crippen LogP contribution in [0.3, 0.4) is 0 Å². The molecule has 1 aliphatic rings. The van der Waals surface area contributed by atoms with E-state index in [0.717, 1.165) is 63.3 Å². The van der Waals surface area contributed by atoms with E-state index in [-0.39, 0.29) is 5.97 Å². The molecule has 5 aromatic rings. The summed E-state index contributed by atoms with van der Waals surface area (Å²) in [5.41, 5.74) is 9.31. The van der Waals surface area contributed by atoms with Crippen molar-refractivity contribution in [2.75, 3.05) is 6.61 Å². The van der Waals surface area contributed by atoms with Gasteiger partial charge in [-0.05, 0) is 54.2 Å². The normalized spacial score (nSPS) is 13.7. The molecule has 1 saturated carbocycles. The number of carbonyl (C=O) groups excluding carboxylic acids is 1. The van der Waals surface area contributed by atoms with E-state index < -0.39 is 5.41 Å². The van der Waals surface area contributed by atoms with Crippen molar-refractivity contribution < 1.29 is 9.53 Å². The number of esters is 1. The van der Waals surface area contributed by atoms with Crippen LogP contribution >= 0.6 is 0 Å². The number of hydrogen-bond donors (Lipinski definition) is 0. The van der Waals surface area contributed by atoms with Gasteiger partial charge >= 0.3 is 5.97 Å². The van der Waals surface area contributed by atoms with Crippen LogP contribution in [0.1, 0.15) is 36.7 Å². The number of aromatic nitrogens is 3. The number of aryl methyl sites for hydroxylation is 1. The van der Waals surface area contributed by atoms with Gasteiger partial charge in [0.15, 0.2) is 0 Å². The van der Waals surface area contributed by atoms with Gasteiger partial charge in [0, 0.05) is 30.3 Å². The van der Waals surface area contributed by atoms with E-state index >= 15 is 0 Å². The first kappa shape index (κ1) is 24.8. The quantitative estimate of drug-likeness (QED) is 0.210. The Morgan fingerprint density at radius 3 is 2.15 bits per heavy atom.